The maximum atomic E-state index is 13.3. The predicted octanol–water partition coefficient (Wildman–Crippen LogP) is 2.43. The number of hydrogen-bond acceptors (Lipinski definition) is 5. The molecule has 1 heterocycles. The Morgan fingerprint density at radius 3 is 2.73 bits per heavy atom. The lowest BCUT2D eigenvalue weighted by Gasteiger charge is -2.33. The van der Waals surface area contributed by atoms with Crippen molar-refractivity contribution in [2.24, 2.45) is 0 Å². The van der Waals surface area contributed by atoms with Crippen LogP contribution in [-0.4, -0.2) is 43.5 Å². The maximum Gasteiger partial charge on any atom is 0.325 e. The van der Waals surface area contributed by atoms with E-state index in [1.54, 1.807) is 18.2 Å². The van der Waals surface area contributed by atoms with Crippen LogP contribution in [0.25, 0.3) is 0 Å². The highest BCUT2D eigenvalue weighted by atomic mass is 16.5. The second kappa shape index (κ2) is 7.70. The molecule has 0 aromatic heterocycles. The Morgan fingerprint density at radius 2 is 1.97 bits per heavy atom. The van der Waals surface area contributed by atoms with Gasteiger partial charge in [0.25, 0.3) is 5.91 Å². The fourth-order valence-corrected chi connectivity index (χ4v) is 4.19. The molecular weight excluding hydrogens is 386 g/mol. The van der Waals surface area contributed by atoms with Gasteiger partial charge in [0.1, 0.15) is 23.6 Å². The summed E-state index contributed by atoms with van der Waals surface area (Å²) >= 11 is 0. The highest BCUT2D eigenvalue weighted by Crippen LogP contribution is 2.39. The van der Waals surface area contributed by atoms with E-state index in [4.69, 9.17) is 9.47 Å². The van der Waals surface area contributed by atoms with E-state index in [1.165, 1.54) is 14.2 Å². The number of ether oxygens (including phenoxy) is 2. The highest BCUT2D eigenvalue weighted by molar-refractivity contribution is 6.10. The van der Waals surface area contributed by atoms with Gasteiger partial charge in [0, 0.05) is 6.07 Å². The zero-order valence-corrected chi connectivity index (χ0v) is 16.9. The lowest BCUT2D eigenvalue weighted by atomic mass is 9.76. The standard InChI is InChI=1S/C22H23N3O5/c1-29-15-9-10-17(18(12-15)30-2)23-19(26)13-25-20(27)22(24-21(25)28)11-5-7-14-6-3-4-8-16(14)22/h3-4,6,8-10,12H,5,7,11,13H2,1-2H3,(H,23,26)(H,24,28)/t22-/m0/s1. The van der Waals surface area contributed by atoms with E-state index < -0.39 is 23.4 Å². The number of fused-ring (bicyclic) bond motifs is 2. The van der Waals surface area contributed by atoms with E-state index in [1.807, 2.05) is 24.3 Å². The van der Waals surface area contributed by atoms with Gasteiger partial charge in [-0.3, -0.25) is 14.5 Å². The first kappa shape index (κ1) is 19.8. The molecule has 1 aliphatic carbocycles. The van der Waals surface area contributed by atoms with Crippen LogP contribution in [0.5, 0.6) is 11.5 Å². The van der Waals surface area contributed by atoms with Gasteiger partial charge in [0.05, 0.1) is 19.9 Å². The third kappa shape index (κ3) is 3.24. The number of nitrogens with zero attached hydrogens (tertiary/aromatic N) is 1. The van der Waals surface area contributed by atoms with Gasteiger partial charge in [-0.1, -0.05) is 24.3 Å². The Kier molecular flexibility index (Phi) is 5.07. The van der Waals surface area contributed by atoms with E-state index in [2.05, 4.69) is 10.6 Å². The first-order chi connectivity index (χ1) is 14.5. The number of rotatable bonds is 5. The van der Waals surface area contributed by atoms with Gasteiger partial charge in [0.15, 0.2) is 0 Å². The topological polar surface area (TPSA) is 97.0 Å². The predicted molar refractivity (Wildman–Crippen MR) is 109 cm³/mol. The molecule has 2 aromatic carbocycles. The fourth-order valence-electron chi connectivity index (χ4n) is 4.19. The van der Waals surface area contributed by atoms with Crippen molar-refractivity contribution in [2.45, 2.75) is 24.8 Å². The van der Waals surface area contributed by atoms with E-state index in [-0.39, 0.29) is 6.54 Å². The number of aryl methyl sites for hydroxylation is 1. The lowest BCUT2D eigenvalue weighted by molar-refractivity contribution is -0.134. The number of imide groups is 1. The molecule has 0 radical (unpaired) electrons. The van der Waals surface area contributed by atoms with Crippen molar-refractivity contribution in [2.75, 3.05) is 26.1 Å². The summed E-state index contributed by atoms with van der Waals surface area (Å²) in [5.74, 6) is 0.106. The molecule has 8 nitrogen and oxygen atoms in total. The van der Waals surface area contributed by atoms with Gasteiger partial charge < -0.3 is 20.1 Å². The van der Waals surface area contributed by atoms with Crippen molar-refractivity contribution in [3.63, 3.8) is 0 Å². The molecule has 1 saturated heterocycles. The van der Waals surface area contributed by atoms with Gasteiger partial charge >= 0.3 is 6.03 Å². The molecule has 1 spiro atoms. The Labute approximate surface area is 174 Å². The minimum absolute atomic E-state index is 0.385. The van der Waals surface area contributed by atoms with Gasteiger partial charge in [-0.15, -0.1) is 0 Å². The van der Waals surface area contributed by atoms with Gasteiger partial charge in [-0.25, -0.2) is 4.79 Å². The molecule has 0 saturated carbocycles. The molecule has 0 unspecified atom stereocenters. The molecule has 1 aliphatic heterocycles. The van der Waals surface area contributed by atoms with E-state index >= 15 is 0 Å². The number of anilines is 1. The van der Waals surface area contributed by atoms with Gasteiger partial charge in [0.2, 0.25) is 5.91 Å². The summed E-state index contributed by atoms with van der Waals surface area (Å²) in [6, 6.07) is 12.0. The van der Waals surface area contributed by atoms with Crippen LogP contribution in [0.2, 0.25) is 0 Å². The van der Waals surface area contributed by atoms with Crippen LogP contribution in [0, 0.1) is 0 Å². The van der Waals surface area contributed by atoms with Crippen molar-refractivity contribution in [1.82, 2.24) is 10.2 Å². The monoisotopic (exact) mass is 409 g/mol. The number of amides is 4. The van der Waals surface area contributed by atoms with E-state index in [9.17, 15) is 14.4 Å². The fraction of sp³-hybridized carbons (Fsp3) is 0.318. The van der Waals surface area contributed by atoms with Crippen molar-refractivity contribution < 1.29 is 23.9 Å². The molecule has 1 fully saturated rings. The normalized spacial score (nSPS) is 20.0. The average molecular weight is 409 g/mol. The summed E-state index contributed by atoms with van der Waals surface area (Å²) in [5, 5.41) is 5.55. The molecule has 0 bridgehead atoms. The average Bonchev–Trinajstić information content (AvgIpc) is 2.99. The molecule has 4 amide bonds. The first-order valence-electron chi connectivity index (χ1n) is 9.73. The van der Waals surface area contributed by atoms with Crippen molar-refractivity contribution in [1.29, 1.82) is 0 Å². The largest absolute Gasteiger partial charge is 0.497 e. The number of methoxy groups -OCH3 is 2. The molecule has 2 aromatic rings. The van der Waals surface area contributed by atoms with E-state index in [0.717, 1.165) is 28.9 Å². The third-order valence-corrected chi connectivity index (χ3v) is 5.64. The van der Waals surface area contributed by atoms with Crippen molar-refractivity contribution in [3.8, 4) is 11.5 Å². The van der Waals surface area contributed by atoms with Gasteiger partial charge in [-0.05, 0) is 42.5 Å². The zero-order chi connectivity index (χ0) is 21.3. The molecule has 4 rings (SSSR count). The van der Waals surface area contributed by atoms with Gasteiger partial charge in [-0.2, -0.15) is 0 Å². The summed E-state index contributed by atoms with van der Waals surface area (Å²) in [6.07, 6.45) is 2.16. The minimum atomic E-state index is -1.09. The number of urea groups is 1. The SMILES string of the molecule is COc1ccc(NC(=O)CN2C(=O)N[C@]3(CCCc4ccccc43)C2=O)c(OC)c1. The Morgan fingerprint density at radius 1 is 1.17 bits per heavy atom. The summed E-state index contributed by atoms with van der Waals surface area (Å²) in [4.78, 5) is 39.5. The number of carbonyl (C=O) groups is 3. The zero-order valence-electron chi connectivity index (χ0n) is 16.9. The Bertz CT molecular complexity index is 1020. The molecule has 2 N–H and O–H groups in total. The molecule has 8 heteroatoms. The van der Waals surface area contributed by atoms with Crippen LogP contribution in [0.3, 0.4) is 0 Å². The van der Waals surface area contributed by atoms with Crippen LogP contribution in [0.1, 0.15) is 24.0 Å². The highest BCUT2D eigenvalue weighted by Gasteiger charge is 2.54. The third-order valence-electron chi connectivity index (χ3n) is 5.64. The maximum absolute atomic E-state index is 13.3. The van der Waals surface area contributed by atoms with Crippen LogP contribution >= 0.6 is 0 Å². The molecular formula is C22H23N3O5. The minimum Gasteiger partial charge on any atom is -0.497 e. The number of carbonyl (C=O) groups excluding carboxylic acids is 3. The summed E-state index contributed by atoms with van der Waals surface area (Å²) in [6.45, 7) is -0.385. The summed E-state index contributed by atoms with van der Waals surface area (Å²) in [7, 11) is 3.01. The summed E-state index contributed by atoms with van der Waals surface area (Å²) in [5.41, 5.74) is 1.19. The molecule has 2 aliphatic rings. The van der Waals surface area contributed by atoms with Crippen LogP contribution < -0.4 is 20.1 Å². The second-order valence-corrected chi connectivity index (χ2v) is 7.35. The second-order valence-electron chi connectivity index (χ2n) is 7.35. The van der Waals surface area contributed by atoms with E-state index in [0.29, 0.717) is 23.6 Å². The molecule has 30 heavy (non-hydrogen) atoms. The Balaban J connectivity index is 1.53. The first-order valence-corrected chi connectivity index (χ1v) is 9.73. The number of nitrogens with one attached hydrogen (secondary N) is 2. The molecule has 156 valence electrons. The van der Waals surface area contributed by atoms with Crippen LogP contribution in [-0.2, 0) is 21.5 Å². The quantitative estimate of drug-likeness (QED) is 0.740. The number of benzene rings is 2. The molecule has 1 atom stereocenters. The van der Waals surface area contributed by atoms with Crippen molar-refractivity contribution >= 4 is 23.5 Å². The smallest absolute Gasteiger partial charge is 0.325 e. The van der Waals surface area contributed by atoms with Crippen LogP contribution in [0.15, 0.2) is 42.5 Å². The van der Waals surface area contributed by atoms with Crippen LogP contribution in [0.4, 0.5) is 10.5 Å². The lowest BCUT2D eigenvalue weighted by Crippen LogP contribution is -2.47. The number of hydrogen-bond donors (Lipinski definition) is 2. The van der Waals surface area contributed by atoms with Crippen molar-refractivity contribution in [3.05, 3.63) is 53.6 Å². The Hall–Kier alpha value is -3.55. The summed E-state index contributed by atoms with van der Waals surface area (Å²) < 4.78 is 10.4.